The van der Waals surface area contributed by atoms with Crippen LogP contribution in [0.1, 0.15) is 0 Å². The number of carbonyl (C=O) groups is 1. The summed E-state index contributed by atoms with van der Waals surface area (Å²) < 4.78 is 27.4. The molecule has 0 fully saturated rings. The van der Waals surface area contributed by atoms with E-state index in [0.29, 0.717) is 5.02 Å². The zero-order valence-electron chi connectivity index (χ0n) is 9.08. The number of carbonyl (C=O) groups excluding carboxylic acids is 1. The quantitative estimate of drug-likeness (QED) is 0.781. The van der Waals surface area contributed by atoms with E-state index >= 15 is 0 Å². The summed E-state index contributed by atoms with van der Waals surface area (Å²) in [6.07, 6.45) is 5.23. The number of rotatable bonds is 2. The van der Waals surface area contributed by atoms with E-state index in [2.05, 4.69) is 4.40 Å². The summed E-state index contributed by atoms with van der Waals surface area (Å²) in [6, 6.07) is 5.71. The van der Waals surface area contributed by atoms with E-state index < -0.39 is 10.0 Å². The molecule has 18 heavy (non-hydrogen) atoms. The molecule has 1 aliphatic rings. The van der Waals surface area contributed by atoms with E-state index in [-0.39, 0.29) is 16.4 Å². The van der Waals surface area contributed by atoms with Crippen LogP contribution in [0, 0.1) is 0 Å². The highest BCUT2D eigenvalue weighted by Gasteiger charge is 2.13. The van der Waals surface area contributed by atoms with Crippen molar-refractivity contribution >= 4 is 33.1 Å². The van der Waals surface area contributed by atoms with Crippen LogP contribution < -0.4 is 0 Å². The Labute approximate surface area is 109 Å². The highest BCUT2D eigenvalue weighted by molar-refractivity contribution is 7.90. The molecule has 0 heterocycles. The van der Waals surface area contributed by atoms with Crippen LogP contribution in [0.15, 0.2) is 57.9 Å². The third-order valence-corrected chi connectivity index (χ3v) is 3.74. The molecule has 0 N–H and O–H groups in total. The summed E-state index contributed by atoms with van der Waals surface area (Å²) in [7, 11) is -3.78. The van der Waals surface area contributed by atoms with Crippen LogP contribution in [-0.4, -0.2) is 19.9 Å². The number of hydrogen-bond acceptors (Lipinski definition) is 3. The largest absolute Gasteiger partial charge is 0.290 e. The Morgan fingerprint density at radius 3 is 2.06 bits per heavy atom. The molecule has 1 aromatic rings. The van der Waals surface area contributed by atoms with Gasteiger partial charge in [0.25, 0.3) is 10.0 Å². The Kier molecular flexibility index (Phi) is 3.45. The van der Waals surface area contributed by atoms with E-state index in [1.54, 1.807) is 0 Å². The third kappa shape index (κ3) is 2.94. The van der Waals surface area contributed by atoms with E-state index in [1.165, 1.54) is 48.6 Å². The normalized spacial score (nSPS) is 14.9. The van der Waals surface area contributed by atoms with Crippen molar-refractivity contribution in [2.24, 2.45) is 4.40 Å². The molecule has 92 valence electrons. The van der Waals surface area contributed by atoms with Gasteiger partial charge in [0.15, 0.2) is 5.78 Å². The summed E-state index contributed by atoms with van der Waals surface area (Å²) in [5.74, 6) is -0.196. The van der Waals surface area contributed by atoms with Crippen LogP contribution in [-0.2, 0) is 14.8 Å². The fraction of sp³-hybridized carbons (Fsp3) is 0. The highest BCUT2D eigenvalue weighted by atomic mass is 35.5. The molecule has 4 nitrogen and oxygen atoms in total. The van der Waals surface area contributed by atoms with Crippen molar-refractivity contribution in [3.63, 3.8) is 0 Å². The second-order valence-corrected chi connectivity index (χ2v) is 5.55. The Bertz CT molecular complexity index is 652. The van der Waals surface area contributed by atoms with E-state index in [4.69, 9.17) is 11.6 Å². The fourth-order valence-electron chi connectivity index (χ4n) is 1.31. The van der Waals surface area contributed by atoms with Crippen LogP contribution in [0.5, 0.6) is 0 Å². The lowest BCUT2D eigenvalue weighted by atomic mass is 10.2. The maximum Gasteiger partial charge on any atom is 0.282 e. The monoisotopic (exact) mass is 281 g/mol. The predicted molar refractivity (Wildman–Crippen MR) is 69.4 cm³/mol. The molecule has 0 bridgehead atoms. The number of halogens is 1. The molecule has 2 rings (SSSR count). The Balaban J connectivity index is 2.36. The van der Waals surface area contributed by atoms with Gasteiger partial charge in [-0.05, 0) is 48.6 Å². The lowest BCUT2D eigenvalue weighted by molar-refractivity contribution is -0.110. The van der Waals surface area contributed by atoms with Crippen molar-refractivity contribution in [3.8, 4) is 0 Å². The van der Waals surface area contributed by atoms with Gasteiger partial charge in [-0.15, -0.1) is 0 Å². The van der Waals surface area contributed by atoms with E-state index in [0.717, 1.165) is 0 Å². The average Bonchev–Trinajstić information content (AvgIpc) is 2.32. The Morgan fingerprint density at radius 1 is 0.944 bits per heavy atom. The first kappa shape index (κ1) is 12.7. The number of hydrogen-bond donors (Lipinski definition) is 0. The number of allylic oxidation sites excluding steroid dienone is 4. The van der Waals surface area contributed by atoms with Gasteiger partial charge in [-0.2, -0.15) is 12.8 Å². The van der Waals surface area contributed by atoms with Gasteiger partial charge in [-0.1, -0.05) is 11.6 Å². The SMILES string of the molecule is O=C1C=CC(=NS(=O)(=O)c2ccc(Cl)cc2)C=C1. The summed E-state index contributed by atoms with van der Waals surface area (Å²) in [6.45, 7) is 0. The van der Waals surface area contributed by atoms with Crippen molar-refractivity contribution < 1.29 is 13.2 Å². The Morgan fingerprint density at radius 2 is 1.50 bits per heavy atom. The zero-order chi connectivity index (χ0) is 13.2. The van der Waals surface area contributed by atoms with Crippen LogP contribution in [0.25, 0.3) is 0 Å². The third-order valence-electron chi connectivity index (χ3n) is 2.17. The second-order valence-electron chi connectivity index (χ2n) is 3.51. The van der Waals surface area contributed by atoms with E-state index in [9.17, 15) is 13.2 Å². The smallest absolute Gasteiger partial charge is 0.282 e. The zero-order valence-corrected chi connectivity index (χ0v) is 10.6. The minimum Gasteiger partial charge on any atom is -0.290 e. The summed E-state index contributed by atoms with van der Waals surface area (Å²) in [5, 5.41) is 0.449. The topological polar surface area (TPSA) is 63.6 Å². The van der Waals surface area contributed by atoms with Gasteiger partial charge < -0.3 is 0 Å². The maximum absolute atomic E-state index is 11.9. The maximum atomic E-state index is 11.9. The van der Waals surface area contributed by atoms with Gasteiger partial charge in [0.2, 0.25) is 0 Å². The van der Waals surface area contributed by atoms with E-state index in [1.807, 2.05) is 0 Å². The number of benzene rings is 1. The molecular weight excluding hydrogens is 274 g/mol. The van der Waals surface area contributed by atoms with Gasteiger partial charge in [-0.25, -0.2) is 0 Å². The van der Waals surface area contributed by atoms with Gasteiger partial charge in [0, 0.05) is 5.02 Å². The van der Waals surface area contributed by atoms with Crippen LogP contribution >= 0.6 is 11.6 Å². The average molecular weight is 282 g/mol. The number of ketones is 1. The molecule has 1 aromatic carbocycles. The van der Waals surface area contributed by atoms with Crippen molar-refractivity contribution in [2.45, 2.75) is 4.90 Å². The molecule has 0 unspecified atom stereocenters. The first-order chi connectivity index (χ1) is 8.47. The fourth-order valence-corrected chi connectivity index (χ4v) is 2.42. The molecule has 0 aliphatic heterocycles. The Hall–Kier alpha value is -1.72. The number of sulfonamides is 1. The standard InChI is InChI=1S/C12H8ClNO3S/c13-9-1-7-12(8-2-9)18(16,17)14-10-3-5-11(15)6-4-10/h1-8H. The molecule has 0 spiro atoms. The lowest BCUT2D eigenvalue weighted by Gasteiger charge is -2.01. The summed E-state index contributed by atoms with van der Waals surface area (Å²) >= 11 is 5.68. The second kappa shape index (κ2) is 4.88. The summed E-state index contributed by atoms with van der Waals surface area (Å²) in [4.78, 5) is 10.9. The lowest BCUT2D eigenvalue weighted by Crippen LogP contribution is -2.04. The first-order valence-electron chi connectivity index (χ1n) is 4.98. The van der Waals surface area contributed by atoms with Gasteiger partial charge in [-0.3, -0.25) is 4.79 Å². The first-order valence-corrected chi connectivity index (χ1v) is 6.80. The molecule has 0 atom stereocenters. The molecule has 1 aliphatic carbocycles. The minimum atomic E-state index is -3.78. The molecule has 0 amide bonds. The number of nitrogens with zero attached hydrogens (tertiary/aromatic N) is 1. The van der Waals surface area contributed by atoms with Gasteiger partial charge in [0.1, 0.15) is 0 Å². The van der Waals surface area contributed by atoms with Crippen LogP contribution in [0.4, 0.5) is 0 Å². The molecule has 0 aromatic heterocycles. The highest BCUT2D eigenvalue weighted by Crippen LogP contribution is 2.16. The van der Waals surface area contributed by atoms with Gasteiger partial charge >= 0.3 is 0 Å². The molecule has 0 radical (unpaired) electrons. The van der Waals surface area contributed by atoms with Crippen molar-refractivity contribution in [2.75, 3.05) is 0 Å². The van der Waals surface area contributed by atoms with Crippen molar-refractivity contribution in [1.82, 2.24) is 0 Å². The van der Waals surface area contributed by atoms with Gasteiger partial charge in [0.05, 0.1) is 10.6 Å². The van der Waals surface area contributed by atoms with Crippen molar-refractivity contribution in [3.05, 3.63) is 53.6 Å². The minimum absolute atomic E-state index is 0.0538. The van der Waals surface area contributed by atoms with Crippen LogP contribution in [0.3, 0.4) is 0 Å². The molecular formula is C12H8ClNO3S. The molecule has 0 saturated heterocycles. The predicted octanol–water partition coefficient (Wildman–Crippen LogP) is 2.16. The summed E-state index contributed by atoms with van der Waals surface area (Å²) in [5.41, 5.74) is 0.213. The van der Waals surface area contributed by atoms with Crippen LogP contribution in [0.2, 0.25) is 5.02 Å². The molecule has 0 saturated carbocycles. The molecule has 6 heteroatoms. The van der Waals surface area contributed by atoms with Crippen molar-refractivity contribution in [1.29, 1.82) is 0 Å².